The average molecular weight is 217 g/mol. The van der Waals surface area contributed by atoms with Gasteiger partial charge in [0, 0.05) is 24.9 Å². The summed E-state index contributed by atoms with van der Waals surface area (Å²) < 4.78 is 26.2. The van der Waals surface area contributed by atoms with Crippen LogP contribution in [0.1, 0.15) is 26.7 Å². The van der Waals surface area contributed by atoms with E-state index in [0.717, 1.165) is 0 Å². The van der Waals surface area contributed by atoms with Crippen molar-refractivity contribution in [3.63, 3.8) is 0 Å². The molecule has 1 aliphatic carbocycles. The van der Waals surface area contributed by atoms with Crippen molar-refractivity contribution in [2.45, 2.75) is 38.7 Å². The largest absolute Gasteiger partial charge is 0.310 e. The van der Waals surface area contributed by atoms with Gasteiger partial charge in [-0.05, 0) is 19.4 Å². The quantitative estimate of drug-likeness (QED) is 0.731. The van der Waals surface area contributed by atoms with Crippen LogP contribution >= 0.6 is 0 Å². The maximum atomic E-state index is 13.1. The number of hydrogen-bond acceptors (Lipinski definition) is 2. The molecule has 2 nitrogen and oxygen atoms in total. The maximum Gasteiger partial charge on any atom is 0.252 e. The van der Waals surface area contributed by atoms with E-state index in [-0.39, 0.29) is 18.2 Å². The van der Waals surface area contributed by atoms with Crippen LogP contribution in [0.2, 0.25) is 0 Å². The van der Waals surface area contributed by atoms with Gasteiger partial charge >= 0.3 is 0 Å². The number of allylic oxidation sites excluding steroid dienone is 1. The summed E-state index contributed by atoms with van der Waals surface area (Å²) in [6.07, 6.45) is 3.52. The van der Waals surface area contributed by atoms with Crippen LogP contribution in [0.3, 0.4) is 0 Å². The highest BCUT2D eigenvalue weighted by Gasteiger charge is 2.45. The molecule has 0 radical (unpaired) electrons. The number of halogens is 2. The lowest BCUT2D eigenvalue weighted by Gasteiger charge is -2.12. The van der Waals surface area contributed by atoms with Crippen LogP contribution in [0.5, 0.6) is 0 Å². The fraction of sp³-hybridized carbons (Fsp3) is 0.727. The molecule has 1 aliphatic rings. The summed E-state index contributed by atoms with van der Waals surface area (Å²) in [7, 11) is 0. The Morgan fingerprint density at radius 2 is 2.27 bits per heavy atom. The molecular weight excluding hydrogens is 200 g/mol. The van der Waals surface area contributed by atoms with Crippen molar-refractivity contribution in [1.29, 1.82) is 0 Å². The molecule has 0 spiro atoms. The molecule has 0 aromatic carbocycles. The van der Waals surface area contributed by atoms with Crippen LogP contribution < -0.4 is 5.32 Å². The molecular formula is C11H17F2NO. The summed E-state index contributed by atoms with van der Waals surface area (Å²) in [5.74, 6) is -3.11. The number of ketones is 1. The lowest BCUT2D eigenvalue weighted by atomic mass is 10.1. The van der Waals surface area contributed by atoms with Crippen molar-refractivity contribution >= 4 is 5.78 Å². The summed E-state index contributed by atoms with van der Waals surface area (Å²) >= 11 is 0. The SMILES string of the molecule is CC(=O)/C=C/CNC1CC(C)C(F)(F)C1. The lowest BCUT2D eigenvalue weighted by molar-refractivity contribution is -0.112. The molecule has 2 atom stereocenters. The second-order valence-electron chi connectivity index (χ2n) is 4.22. The summed E-state index contributed by atoms with van der Waals surface area (Å²) in [4.78, 5) is 10.6. The highest BCUT2D eigenvalue weighted by Crippen LogP contribution is 2.39. The van der Waals surface area contributed by atoms with E-state index in [9.17, 15) is 13.6 Å². The first kappa shape index (κ1) is 12.3. The molecule has 0 aliphatic heterocycles. The Morgan fingerprint density at radius 3 is 2.73 bits per heavy atom. The Bertz CT molecular complexity index is 263. The lowest BCUT2D eigenvalue weighted by Crippen LogP contribution is -2.28. The van der Waals surface area contributed by atoms with E-state index in [1.807, 2.05) is 0 Å². The second-order valence-corrected chi connectivity index (χ2v) is 4.22. The summed E-state index contributed by atoms with van der Waals surface area (Å²) in [5, 5.41) is 3.00. The third kappa shape index (κ3) is 3.70. The van der Waals surface area contributed by atoms with E-state index < -0.39 is 11.8 Å². The normalized spacial score (nSPS) is 29.9. The zero-order valence-electron chi connectivity index (χ0n) is 9.09. The van der Waals surface area contributed by atoms with Gasteiger partial charge in [0.25, 0.3) is 5.92 Å². The second kappa shape index (κ2) is 4.84. The first-order chi connectivity index (χ1) is 6.92. The van der Waals surface area contributed by atoms with Crippen LogP contribution in [0, 0.1) is 5.92 Å². The van der Waals surface area contributed by atoms with Crippen LogP contribution in [0.4, 0.5) is 8.78 Å². The van der Waals surface area contributed by atoms with Gasteiger partial charge in [-0.2, -0.15) is 0 Å². The summed E-state index contributed by atoms with van der Waals surface area (Å²) in [5.41, 5.74) is 0. The molecule has 1 N–H and O–H groups in total. The molecule has 86 valence electrons. The van der Waals surface area contributed by atoms with Gasteiger partial charge in [-0.1, -0.05) is 13.0 Å². The van der Waals surface area contributed by atoms with Gasteiger partial charge in [-0.3, -0.25) is 4.79 Å². The molecule has 1 saturated carbocycles. The van der Waals surface area contributed by atoms with Crippen LogP contribution in [-0.2, 0) is 4.79 Å². The number of nitrogens with one attached hydrogen (secondary N) is 1. The Kier molecular flexibility index (Phi) is 3.97. The van der Waals surface area contributed by atoms with Crippen molar-refractivity contribution in [3.05, 3.63) is 12.2 Å². The predicted octanol–water partition coefficient (Wildman–Crippen LogP) is 2.16. The van der Waals surface area contributed by atoms with E-state index in [1.54, 1.807) is 13.0 Å². The topological polar surface area (TPSA) is 29.1 Å². The third-order valence-electron chi connectivity index (χ3n) is 2.75. The smallest absolute Gasteiger partial charge is 0.252 e. The van der Waals surface area contributed by atoms with E-state index in [0.29, 0.717) is 13.0 Å². The van der Waals surface area contributed by atoms with Gasteiger partial charge < -0.3 is 5.32 Å². The van der Waals surface area contributed by atoms with Crippen LogP contribution in [0.15, 0.2) is 12.2 Å². The minimum Gasteiger partial charge on any atom is -0.310 e. The van der Waals surface area contributed by atoms with Crippen molar-refractivity contribution in [2.75, 3.05) is 6.54 Å². The van der Waals surface area contributed by atoms with Gasteiger partial charge in [0.05, 0.1) is 0 Å². The zero-order chi connectivity index (χ0) is 11.5. The van der Waals surface area contributed by atoms with Gasteiger partial charge in [0.15, 0.2) is 5.78 Å². The fourth-order valence-electron chi connectivity index (χ4n) is 1.83. The minimum absolute atomic E-state index is 0.0260. The highest BCUT2D eigenvalue weighted by atomic mass is 19.3. The van der Waals surface area contributed by atoms with E-state index in [4.69, 9.17) is 0 Å². The molecule has 0 bridgehead atoms. The molecule has 15 heavy (non-hydrogen) atoms. The third-order valence-corrected chi connectivity index (χ3v) is 2.75. The van der Waals surface area contributed by atoms with E-state index in [2.05, 4.69) is 5.32 Å². The number of hydrogen-bond donors (Lipinski definition) is 1. The average Bonchev–Trinajstić information content (AvgIpc) is 2.35. The monoisotopic (exact) mass is 217 g/mol. The molecule has 0 amide bonds. The Hall–Kier alpha value is -0.770. The van der Waals surface area contributed by atoms with Crippen LogP contribution in [-0.4, -0.2) is 24.3 Å². The Morgan fingerprint density at radius 1 is 1.60 bits per heavy atom. The van der Waals surface area contributed by atoms with Crippen molar-refractivity contribution in [2.24, 2.45) is 5.92 Å². The molecule has 1 fully saturated rings. The fourth-order valence-corrected chi connectivity index (χ4v) is 1.83. The summed E-state index contributed by atoms with van der Waals surface area (Å²) in [6, 6.07) is -0.133. The molecule has 0 heterocycles. The van der Waals surface area contributed by atoms with Crippen LogP contribution in [0.25, 0.3) is 0 Å². The molecule has 1 rings (SSSR count). The number of alkyl halides is 2. The van der Waals surface area contributed by atoms with E-state index >= 15 is 0 Å². The zero-order valence-corrected chi connectivity index (χ0v) is 9.09. The van der Waals surface area contributed by atoms with Gasteiger partial charge in [0.2, 0.25) is 0 Å². The number of carbonyl (C=O) groups excluding carboxylic acids is 1. The summed E-state index contributed by atoms with van der Waals surface area (Å²) in [6.45, 7) is 3.52. The van der Waals surface area contributed by atoms with Gasteiger partial charge in [-0.25, -0.2) is 8.78 Å². The van der Waals surface area contributed by atoms with E-state index in [1.165, 1.54) is 13.0 Å². The predicted molar refractivity (Wildman–Crippen MR) is 55.0 cm³/mol. The molecule has 0 aromatic heterocycles. The van der Waals surface area contributed by atoms with Gasteiger partial charge in [-0.15, -0.1) is 0 Å². The molecule has 2 unspecified atom stereocenters. The first-order valence-corrected chi connectivity index (χ1v) is 5.20. The standard InChI is InChI=1S/C11H17F2NO/c1-8-6-10(7-11(8,12)13)14-5-3-4-9(2)15/h3-4,8,10,14H,5-7H2,1-2H3/b4-3+. The van der Waals surface area contributed by atoms with Crippen molar-refractivity contribution < 1.29 is 13.6 Å². The number of carbonyl (C=O) groups is 1. The first-order valence-electron chi connectivity index (χ1n) is 5.20. The highest BCUT2D eigenvalue weighted by molar-refractivity contribution is 5.87. The minimum atomic E-state index is -2.54. The van der Waals surface area contributed by atoms with Crippen molar-refractivity contribution in [1.82, 2.24) is 5.32 Å². The van der Waals surface area contributed by atoms with Crippen molar-refractivity contribution in [3.8, 4) is 0 Å². The Balaban J connectivity index is 2.28. The molecule has 4 heteroatoms. The maximum absolute atomic E-state index is 13.1. The molecule has 0 saturated heterocycles. The van der Waals surface area contributed by atoms with Gasteiger partial charge in [0.1, 0.15) is 0 Å². The Labute approximate surface area is 88.7 Å². The number of rotatable bonds is 4. The molecule has 0 aromatic rings.